The fourth-order valence-electron chi connectivity index (χ4n) is 1.88. The normalized spacial score (nSPS) is 10.6. The van der Waals surface area contributed by atoms with Gasteiger partial charge in [-0.1, -0.05) is 27.2 Å². The highest BCUT2D eigenvalue weighted by Gasteiger charge is 2.13. The van der Waals surface area contributed by atoms with Crippen LogP contribution >= 0.6 is 27.3 Å². The van der Waals surface area contributed by atoms with E-state index >= 15 is 0 Å². The first-order chi connectivity index (χ1) is 10.6. The van der Waals surface area contributed by atoms with Crippen LogP contribution in [0.2, 0.25) is 0 Å². The van der Waals surface area contributed by atoms with Crippen LogP contribution in [0.3, 0.4) is 0 Å². The Bertz CT molecular complexity index is 802. The lowest BCUT2D eigenvalue weighted by Gasteiger charge is -2.05. The summed E-state index contributed by atoms with van der Waals surface area (Å²) in [4.78, 5) is 12.9. The quantitative estimate of drug-likeness (QED) is 0.725. The molecule has 3 rings (SSSR count). The number of anilines is 1. The third kappa shape index (κ3) is 3.42. The molecule has 22 heavy (non-hydrogen) atoms. The van der Waals surface area contributed by atoms with Crippen LogP contribution in [0, 0.1) is 5.82 Å². The number of aromatic nitrogens is 1. The molecule has 0 fully saturated rings. The van der Waals surface area contributed by atoms with E-state index in [1.165, 1.54) is 23.5 Å². The number of nitrogens with zero attached hydrogens (tertiary/aromatic N) is 1. The van der Waals surface area contributed by atoms with Gasteiger partial charge in [-0.05, 0) is 29.6 Å². The summed E-state index contributed by atoms with van der Waals surface area (Å²) in [7, 11) is 0. The minimum Gasteiger partial charge on any atom is -0.355 e. The van der Waals surface area contributed by atoms with Gasteiger partial charge >= 0.3 is 0 Å². The van der Waals surface area contributed by atoms with E-state index < -0.39 is 5.82 Å². The fraction of sp³-hybridized carbons (Fsp3) is 0.0667. The lowest BCUT2D eigenvalue weighted by molar-refractivity contribution is -0.115. The number of halogens is 2. The summed E-state index contributed by atoms with van der Waals surface area (Å²) in [5.74, 6) is -0.234. The molecule has 0 saturated heterocycles. The Morgan fingerprint density at radius 2 is 2.23 bits per heavy atom. The van der Waals surface area contributed by atoms with Crippen LogP contribution in [0.1, 0.15) is 5.69 Å². The SMILES string of the molecule is O=C(Cc1cc(-c2cccs2)on1)Nc1ccc(Br)cc1F. The van der Waals surface area contributed by atoms with Gasteiger partial charge in [-0.3, -0.25) is 4.79 Å². The Kier molecular flexibility index (Phi) is 4.35. The van der Waals surface area contributed by atoms with Gasteiger partial charge in [-0.25, -0.2) is 4.39 Å². The molecule has 0 bridgehead atoms. The van der Waals surface area contributed by atoms with Crippen LogP contribution < -0.4 is 5.32 Å². The maximum Gasteiger partial charge on any atom is 0.230 e. The molecular weight excluding hydrogens is 371 g/mol. The molecule has 0 aliphatic heterocycles. The third-order valence-corrected chi connectivity index (χ3v) is 4.25. The number of benzene rings is 1. The van der Waals surface area contributed by atoms with Crippen molar-refractivity contribution in [1.82, 2.24) is 5.16 Å². The summed E-state index contributed by atoms with van der Waals surface area (Å²) in [5, 5.41) is 8.31. The van der Waals surface area contributed by atoms with E-state index in [0.717, 1.165) is 4.88 Å². The second kappa shape index (κ2) is 6.41. The van der Waals surface area contributed by atoms with E-state index in [2.05, 4.69) is 26.4 Å². The lowest BCUT2D eigenvalue weighted by Crippen LogP contribution is -2.15. The second-order valence-electron chi connectivity index (χ2n) is 4.51. The molecule has 3 aromatic rings. The zero-order valence-corrected chi connectivity index (χ0v) is 13.6. The molecule has 0 saturated carbocycles. The van der Waals surface area contributed by atoms with Gasteiger partial charge in [0.15, 0.2) is 5.76 Å². The Balaban J connectivity index is 1.67. The number of carbonyl (C=O) groups is 1. The largest absolute Gasteiger partial charge is 0.355 e. The molecule has 2 heterocycles. The highest BCUT2D eigenvalue weighted by Crippen LogP contribution is 2.25. The van der Waals surface area contributed by atoms with Crippen LogP contribution in [0.25, 0.3) is 10.6 Å². The summed E-state index contributed by atoms with van der Waals surface area (Å²) < 4.78 is 19.5. The van der Waals surface area contributed by atoms with Crippen LogP contribution in [0.4, 0.5) is 10.1 Å². The van der Waals surface area contributed by atoms with Crippen molar-refractivity contribution in [2.45, 2.75) is 6.42 Å². The Hall–Kier alpha value is -1.99. The first-order valence-electron chi connectivity index (χ1n) is 6.36. The van der Waals surface area contributed by atoms with Crippen molar-refractivity contribution in [3.63, 3.8) is 0 Å². The Morgan fingerprint density at radius 3 is 2.95 bits per heavy atom. The van der Waals surface area contributed by atoms with E-state index in [-0.39, 0.29) is 18.0 Å². The molecule has 1 N–H and O–H groups in total. The first-order valence-corrected chi connectivity index (χ1v) is 8.03. The predicted molar refractivity (Wildman–Crippen MR) is 86.2 cm³/mol. The van der Waals surface area contributed by atoms with Crippen LogP contribution in [0.5, 0.6) is 0 Å². The molecule has 112 valence electrons. The van der Waals surface area contributed by atoms with Gasteiger partial charge in [0.2, 0.25) is 5.91 Å². The summed E-state index contributed by atoms with van der Waals surface area (Å²) in [6, 6.07) is 9.97. The third-order valence-electron chi connectivity index (χ3n) is 2.87. The van der Waals surface area contributed by atoms with Crippen molar-refractivity contribution in [2.75, 3.05) is 5.32 Å². The topological polar surface area (TPSA) is 55.1 Å². The van der Waals surface area contributed by atoms with Crippen LogP contribution in [-0.2, 0) is 11.2 Å². The number of hydrogen-bond acceptors (Lipinski definition) is 4. The van der Waals surface area contributed by atoms with Crippen molar-refractivity contribution < 1.29 is 13.7 Å². The zero-order valence-electron chi connectivity index (χ0n) is 11.2. The van der Waals surface area contributed by atoms with Crippen LogP contribution in [-0.4, -0.2) is 11.1 Å². The van der Waals surface area contributed by atoms with Crippen molar-refractivity contribution in [2.24, 2.45) is 0 Å². The minimum absolute atomic E-state index is 0.0182. The summed E-state index contributed by atoms with van der Waals surface area (Å²) >= 11 is 4.69. The lowest BCUT2D eigenvalue weighted by atomic mass is 10.2. The number of rotatable bonds is 4. The van der Waals surface area contributed by atoms with Gasteiger partial charge in [0.25, 0.3) is 0 Å². The summed E-state index contributed by atoms with van der Waals surface area (Å²) in [5.41, 5.74) is 0.633. The van der Waals surface area contributed by atoms with E-state index in [9.17, 15) is 9.18 Å². The molecule has 0 aliphatic rings. The van der Waals surface area contributed by atoms with Gasteiger partial charge in [0.1, 0.15) is 5.82 Å². The molecule has 0 atom stereocenters. The fourth-order valence-corrected chi connectivity index (χ4v) is 2.89. The van der Waals surface area contributed by atoms with Gasteiger partial charge in [0, 0.05) is 10.5 Å². The Morgan fingerprint density at radius 1 is 1.36 bits per heavy atom. The maximum atomic E-state index is 13.7. The number of amides is 1. The van der Waals surface area contributed by atoms with Gasteiger partial charge < -0.3 is 9.84 Å². The summed E-state index contributed by atoms with van der Waals surface area (Å²) in [6.45, 7) is 0. The van der Waals surface area contributed by atoms with Crippen molar-refractivity contribution in [3.05, 3.63) is 57.8 Å². The maximum absolute atomic E-state index is 13.7. The van der Waals surface area contributed by atoms with Gasteiger partial charge in [0.05, 0.1) is 22.7 Å². The molecule has 7 heteroatoms. The average molecular weight is 381 g/mol. The Labute approximate surface area is 138 Å². The predicted octanol–water partition coefficient (Wildman–Crippen LogP) is 4.49. The molecule has 0 radical (unpaired) electrons. The molecule has 2 aromatic heterocycles. The molecule has 4 nitrogen and oxygen atoms in total. The molecule has 1 amide bonds. The standard InChI is InChI=1S/C15H10BrFN2O2S/c16-9-3-4-12(11(17)6-9)18-15(20)8-10-7-13(21-19-10)14-2-1-5-22-14/h1-7H,8H2,(H,18,20). The highest BCUT2D eigenvalue weighted by atomic mass is 79.9. The van der Waals surface area contributed by atoms with Crippen molar-refractivity contribution in [1.29, 1.82) is 0 Å². The molecule has 1 aromatic carbocycles. The van der Waals surface area contributed by atoms with Crippen LogP contribution in [0.15, 0.2) is 50.8 Å². The zero-order chi connectivity index (χ0) is 15.5. The number of carbonyl (C=O) groups excluding carboxylic acids is 1. The van der Waals surface area contributed by atoms with Gasteiger partial charge in [-0.2, -0.15) is 0 Å². The first kappa shape index (κ1) is 14.9. The molecule has 0 aliphatic carbocycles. The van der Waals surface area contributed by atoms with Crippen molar-refractivity contribution in [3.8, 4) is 10.6 Å². The van der Waals surface area contributed by atoms with E-state index in [1.807, 2.05) is 17.5 Å². The van der Waals surface area contributed by atoms with Crippen molar-refractivity contribution >= 4 is 38.9 Å². The second-order valence-corrected chi connectivity index (χ2v) is 6.37. The number of nitrogens with one attached hydrogen (secondary N) is 1. The van der Waals surface area contributed by atoms with E-state index in [4.69, 9.17) is 4.52 Å². The smallest absolute Gasteiger partial charge is 0.230 e. The van der Waals surface area contributed by atoms with Gasteiger partial charge in [-0.15, -0.1) is 11.3 Å². The highest BCUT2D eigenvalue weighted by molar-refractivity contribution is 9.10. The molecule has 0 spiro atoms. The minimum atomic E-state index is -0.498. The number of hydrogen-bond donors (Lipinski definition) is 1. The molecule has 0 unspecified atom stereocenters. The van der Waals surface area contributed by atoms with E-state index in [0.29, 0.717) is 15.9 Å². The molecular formula is C15H10BrFN2O2S. The number of thiophene rings is 1. The monoisotopic (exact) mass is 380 g/mol. The van der Waals surface area contributed by atoms with E-state index in [1.54, 1.807) is 12.1 Å². The summed E-state index contributed by atoms with van der Waals surface area (Å²) in [6.07, 6.45) is 0.0182. The average Bonchev–Trinajstić information content (AvgIpc) is 3.12.